The lowest BCUT2D eigenvalue weighted by Gasteiger charge is -2.50. The normalized spacial score (nSPS) is 46.6. The summed E-state index contributed by atoms with van der Waals surface area (Å²) in [5, 5.41) is 7.75. The van der Waals surface area contributed by atoms with E-state index in [9.17, 15) is 0 Å². The number of rotatable bonds is 4. The first-order chi connectivity index (χ1) is 11.8. The molecule has 0 amide bonds. The van der Waals surface area contributed by atoms with E-state index in [1.54, 1.807) is 0 Å². The lowest BCUT2D eigenvalue weighted by molar-refractivity contribution is 0.0250. The van der Waals surface area contributed by atoms with Crippen LogP contribution in [0.1, 0.15) is 44.9 Å². The van der Waals surface area contributed by atoms with Crippen molar-refractivity contribution in [2.24, 2.45) is 17.8 Å². The van der Waals surface area contributed by atoms with E-state index in [1.807, 2.05) is 0 Å². The van der Waals surface area contributed by atoms with Gasteiger partial charge in [-0.3, -0.25) is 10.7 Å². The lowest BCUT2D eigenvalue weighted by Crippen LogP contribution is -2.70. The minimum absolute atomic E-state index is 0.340. The minimum atomic E-state index is 0.340. The van der Waals surface area contributed by atoms with Crippen LogP contribution in [0.3, 0.4) is 0 Å². The predicted octanol–water partition coefficient (Wildman–Crippen LogP) is 1.58. The van der Waals surface area contributed by atoms with E-state index in [1.165, 1.54) is 44.9 Å². The molecule has 3 heterocycles. The molecule has 24 heavy (non-hydrogen) atoms. The minimum Gasteiger partial charge on any atom is -0.377 e. The Hall–Kier alpha value is 0.0900. The zero-order chi connectivity index (χ0) is 16.4. The Balaban J connectivity index is 1.36. The van der Waals surface area contributed by atoms with Gasteiger partial charge in [-0.2, -0.15) is 0 Å². The average molecular weight is 357 g/mol. The molecule has 1 saturated carbocycles. The van der Waals surface area contributed by atoms with Crippen LogP contribution in [0.25, 0.3) is 0 Å². The number of hydrogen-bond donors (Lipinski definition) is 4. The summed E-state index contributed by atoms with van der Waals surface area (Å²) < 4.78 is 5.77. The van der Waals surface area contributed by atoms with Crippen LogP contribution in [0, 0.1) is 17.8 Å². The van der Waals surface area contributed by atoms with Crippen molar-refractivity contribution < 1.29 is 4.74 Å². The number of ether oxygens (including phenoxy) is 1. The van der Waals surface area contributed by atoms with E-state index >= 15 is 0 Å². The van der Waals surface area contributed by atoms with Crippen LogP contribution >= 0.6 is 11.6 Å². The van der Waals surface area contributed by atoms with Crippen LogP contribution in [0.5, 0.6) is 0 Å². The van der Waals surface area contributed by atoms with Crippen molar-refractivity contribution in [2.75, 3.05) is 26.2 Å². The number of halogens is 1. The third kappa shape index (κ3) is 3.92. The highest BCUT2D eigenvalue weighted by molar-refractivity contribution is 6.20. The molecule has 138 valence electrons. The molecule has 0 radical (unpaired) electrons. The lowest BCUT2D eigenvalue weighted by atomic mass is 9.70. The molecular weight excluding hydrogens is 324 g/mol. The Morgan fingerprint density at radius 3 is 2.67 bits per heavy atom. The first kappa shape index (κ1) is 17.5. The Morgan fingerprint density at radius 2 is 1.88 bits per heavy atom. The van der Waals surface area contributed by atoms with E-state index in [-0.39, 0.29) is 0 Å². The maximum Gasteiger partial charge on any atom is 0.0749 e. The van der Waals surface area contributed by atoms with Gasteiger partial charge in [-0.15, -0.1) is 11.6 Å². The van der Waals surface area contributed by atoms with Crippen molar-refractivity contribution in [3.8, 4) is 0 Å². The van der Waals surface area contributed by atoms with Crippen molar-refractivity contribution in [2.45, 2.75) is 68.6 Å². The molecule has 4 rings (SSSR count). The summed E-state index contributed by atoms with van der Waals surface area (Å²) >= 11 is 6.32. The first-order valence-corrected chi connectivity index (χ1v) is 10.5. The predicted molar refractivity (Wildman–Crippen MR) is 96.9 cm³/mol. The second-order valence-electron chi connectivity index (χ2n) is 8.17. The van der Waals surface area contributed by atoms with Gasteiger partial charge in [0.05, 0.1) is 12.3 Å². The molecule has 0 bridgehead atoms. The van der Waals surface area contributed by atoms with Gasteiger partial charge in [-0.25, -0.2) is 5.43 Å². The van der Waals surface area contributed by atoms with Crippen molar-refractivity contribution in [1.29, 1.82) is 0 Å². The second-order valence-corrected chi connectivity index (χ2v) is 8.79. The standard InChI is InChI=1S/C18H33ClN4O/c19-13-5-3-12(4-6-13)17-15-7-8-20-11-16(15)18(23-22-17)21-10-14-2-1-9-24-14/h12-18,20-23H,1-11H2/t12?,13?,14-,15?,16?,17?,18?/m1/s1. The molecule has 5 atom stereocenters. The molecule has 4 N–H and O–H groups in total. The van der Waals surface area contributed by atoms with E-state index in [2.05, 4.69) is 21.5 Å². The van der Waals surface area contributed by atoms with Gasteiger partial charge in [-0.1, -0.05) is 0 Å². The van der Waals surface area contributed by atoms with E-state index in [4.69, 9.17) is 16.3 Å². The van der Waals surface area contributed by atoms with Gasteiger partial charge < -0.3 is 10.1 Å². The second kappa shape index (κ2) is 8.19. The largest absolute Gasteiger partial charge is 0.377 e. The molecule has 3 aliphatic heterocycles. The number of hydrogen-bond acceptors (Lipinski definition) is 5. The first-order valence-electron chi connectivity index (χ1n) is 10.0. The van der Waals surface area contributed by atoms with E-state index in [0.29, 0.717) is 29.6 Å². The Bertz CT molecular complexity index is 398. The molecule has 5 nitrogen and oxygen atoms in total. The highest BCUT2D eigenvalue weighted by Gasteiger charge is 2.44. The van der Waals surface area contributed by atoms with Crippen LogP contribution in [-0.4, -0.2) is 49.9 Å². The van der Waals surface area contributed by atoms with E-state index < -0.39 is 0 Å². The van der Waals surface area contributed by atoms with Gasteiger partial charge in [0.1, 0.15) is 0 Å². The number of hydrazine groups is 1. The summed E-state index contributed by atoms with van der Waals surface area (Å²) in [6.07, 6.45) is 9.35. The van der Waals surface area contributed by atoms with E-state index in [0.717, 1.165) is 38.1 Å². The number of piperidine rings is 1. The summed E-state index contributed by atoms with van der Waals surface area (Å²) in [4.78, 5) is 0. The van der Waals surface area contributed by atoms with Crippen molar-refractivity contribution in [1.82, 2.24) is 21.5 Å². The third-order valence-corrected chi connectivity index (χ3v) is 7.11. The molecule has 0 aromatic rings. The van der Waals surface area contributed by atoms with Gasteiger partial charge in [-0.05, 0) is 63.3 Å². The number of nitrogens with one attached hydrogen (secondary N) is 4. The quantitative estimate of drug-likeness (QED) is 0.576. The molecule has 0 aromatic carbocycles. The van der Waals surface area contributed by atoms with Crippen LogP contribution in [-0.2, 0) is 4.74 Å². The Kier molecular flexibility index (Phi) is 5.97. The fraction of sp³-hybridized carbons (Fsp3) is 1.00. The molecule has 0 spiro atoms. The molecule has 4 fully saturated rings. The van der Waals surface area contributed by atoms with Crippen LogP contribution < -0.4 is 21.5 Å². The Morgan fingerprint density at radius 1 is 1.00 bits per heavy atom. The fourth-order valence-corrected chi connectivity index (χ4v) is 5.54. The van der Waals surface area contributed by atoms with Crippen LogP contribution in [0.15, 0.2) is 0 Å². The van der Waals surface area contributed by atoms with Gasteiger partial charge in [0, 0.05) is 37.0 Å². The summed E-state index contributed by atoms with van der Waals surface area (Å²) in [6, 6.07) is 0.599. The third-order valence-electron chi connectivity index (χ3n) is 6.68. The molecule has 3 saturated heterocycles. The van der Waals surface area contributed by atoms with Gasteiger partial charge in [0.2, 0.25) is 0 Å². The molecule has 4 unspecified atom stereocenters. The highest BCUT2D eigenvalue weighted by atomic mass is 35.5. The van der Waals surface area contributed by atoms with Gasteiger partial charge >= 0.3 is 0 Å². The number of fused-ring (bicyclic) bond motifs is 1. The monoisotopic (exact) mass is 356 g/mol. The summed E-state index contributed by atoms with van der Waals surface area (Å²) in [5.74, 6) is 2.18. The molecule has 4 aliphatic rings. The van der Waals surface area contributed by atoms with Crippen molar-refractivity contribution in [3.63, 3.8) is 0 Å². The molecule has 0 aromatic heterocycles. The maximum atomic E-state index is 6.32. The maximum absolute atomic E-state index is 6.32. The van der Waals surface area contributed by atoms with Crippen molar-refractivity contribution >= 4 is 11.6 Å². The topological polar surface area (TPSA) is 57.3 Å². The smallest absolute Gasteiger partial charge is 0.0749 e. The average Bonchev–Trinajstić information content (AvgIpc) is 3.14. The van der Waals surface area contributed by atoms with Crippen LogP contribution in [0.2, 0.25) is 0 Å². The highest BCUT2D eigenvalue weighted by Crippen LogP contribution is 2.38. The number of alkyl halides is 1. The summed E-state index contributed by atoms with van der Waals surface area (Å²) in [5.41, 5.74) is 7.32. The zero-order valence-corrected chi connectivity index (χ0v) is 15.4. The van der Waals surface area contributed by atoms with Crippen molar-refractivity contribution in [3.05, 3.63) is 0 Å². The van der Waals surface area contributed by atoms with Gasteiger partial charge in [0.25, 0.3) is 0 Å². The molecular formula is C18H33ClN4O. The summed E-state index contributed by atoms with van der Waals surface area (Å²) in [7, 11) is 0. The SMILES string of the molecule is ClC1CCC(C2NNC(NC[C@H]3CCCO3)C3CNCCC32)CC1. The van der Waals surface area contributed by atoms with Crippen LogP contribution in [0.4, 0.5) is 0 Å². The molecule has 6 heteroatoms. The Labute approximate surface area is 151 Å². The molecule has 1 aliphatic carbocycles. The fourth-order valence-electron chi connectivity index (χ4n) is 5.29. The van der Waals surface area contributed by atoms with Gasteiger partial charge in [0.15, 0.2) is 0 Å². The zero-order valence-electron chi connectivity index (χ0n) is 14.6. The summed E-state index contributed by atoms with van der Waals surface area (Å²) in [6.45, 7) is 4.17.